The summed E-state index contributed by atoms with van der Waals surface area (Å²) in [6.45, 7) is 6.64. The highest BCUT2D eigenvalue weighted by Gasteiger charge is 2.18. The van der Waals surface area contributed by atoms with Gasteiger partial charge in [-0.1, -0.05) is 25.5 Å². The fourth-order valence-electron chi connectivity index (χ4n) is 2.75. The molecular weight excluding hydrogens is 279 g/mol. The molecule has 0 bridgehead atoms. The molecule has 1 heterocycles. The van der Waals surface area contributed by atoms with E-state index < -0.39 is 6.04 Å². The Kier molecular flexibility index (Phi) is 5.14. The molecule has 3 nitrogen and oxygen atoms in total. The van der Waals surface area contributed by atoms with E-state index in [-0.39, 0.29) is 11.4 Å². The van der Waals surface area contributed by atoms with Crippen LogP contribution in [0.4, 0.5) is 4.39 Å². The number of nitrogens with zero attached hydrogens (tertiary/aromatic N) is 1. The van der Waals surface area contributed by atoms with Crippen LogP contribution in [0.15, 0.2) is 35.1 Å². The van der Waals surface area contributed by atoms with Crippen molar-refractivity contribution in [1.82, 2.24) is 4.57 Å². The summed E-state index contributed by atoms with van der Waals surface area (Å²) in [7, 11) is 0. The highest BCUT2D eigenvalue weighted by atomic mass is 19.1. The molecular formula is C18H23FN2O. The fourth-order valence-corrected chi connectivity index (χ4v) is 2.75. The van der Waals surface area contributed by atoms with Crippen LogP contribution in [0.3, 0.4) is 0 Å². The van der Waals surface area contributed by atoms with Crippen molar-refractivity contribution in [3.8, 4) is 0 Å². The molecule has 0 spiro atoms. The van der Waals surface area contributed by atoms with Crippen LogP contribution < -0.4 is 11.3 Å². The van der Waals surface area contributed by atoms with Gasteiger partial charge >= 0.3 is 0 Å². The Balaban J connectivity index is 2.49. The molecule has 4 heteroatoms. The minimum absolute atomic E-state index is 0.0391. The molecule has 1 atom stereocenters. The van der Waals surface area contributed by atoms with Crippen LogP contribution in [0.5, 0.6) is 0 Å². The molecule has 2 N–H and O–H groups in total. The molecule has 0 aliphatic carbocycles. The second-order valence-electron chi connectivity index (χ2n) is 5.72. The Morgan fingerprint density at radius 1 is 1.23 bits per heavy atom. The number of hydrogen-bond donors (Lipinski definition) is 1. The number of nitrogens with two attached hydrogens (primary N) is 1. The summed E-state index contributed by atoms with van der Waals surface area (Å²) in [5.74, 6) is -0.308. The molecule has 0 fully saturated rings. The molecule has 2 rings (SSSR count). The Labute approximate surface area is 130 Å². The summed E-state index contributed by atoms with van der Waals surface area (Å²) in [6, 6.07) is 7.46. The van der Waals surface area contributed by atoms with E-state index in [9.17, 15) is 9.18 Å². The van der Waals surface area contributed by atoms with Gasteiger partial charge < -0.3 is 10.3 Å². The van der Waals surface area contributed by atoms with Gasteiger partial charge in [0.25, 0.3) is 5.56 Å². The minimum Gasteiger partial charge on any atom is -0.320 e. The zero-order valence-corrected chi connectivity index (χ0v) is 13.4. The summed E-state index contributed by atoms with van der Waals surface area (Å²) < 4.78 is 14.8. The molecule has 0 radical (unpaired) electrons. The number of unbranched alkanes of at least 4 members (excludes halogenated alkanes) is 1. The molecule has 0 amide bonds. The van der Waals surface area contributed by atoms with Gasteiger partial charge in [-0.2, -0.15) is 0 Å². The van der Waals surface area contributed by atoms with E-state index in [0.29, 0.717) is 12.1 Å². The van der Waals surface area contributed by atoms with Gasteiger partial charge in [0, 0.05) is 17.8 Å². The number of pyridine rings is 1. The first-order valence-corrected chi connectivity index (χ1v) is 7.67. The Morgan fingerprint density at radius 3 is 2.45 bits per heavy atom. The van der Waals surface area contributed by atoms with E-state index in [0.717, 1.165) is 29.7 Å². The fraction of sp³-hybridized carbons (Fsp3) is 0.389. The molecule has 0 aliphatic rings. The number of halogens is 1. The number of rotatable bonds is 5. The molecule has 22 heavy (non-hydrogen) atoms. The lowest BCUT2D eigenvalue weighted by atomic mass is 9.96. The van der Waals surface area contributed by atoms with Crippen LogP contribution in [0.25, 0.3) is 0 Å². The molecule has 0 saturated heterocycles. The highest BCUT2D eigenvalue weighted by Crippen LogP contribution is 2.21. The molecule has 2 aromatic rings. The Hall–Kier alpha value is -1.94. The maximum Gasteiger partial charge on any atom is 0.256 e. The summed E-state index contributed by atoms with van der Waals surface area (Å²) >= 11 is 0. The summed E-state index contributed by atoms with van der Waals surface area (Å²) in [5.41, 5.74) is 9.41. The normalized spacial score (nSPS) is 12.4. The van der Waals surface area contributed by atoms with Crippen molar-refractivity contribution in [1.29, 1.82) is 0 Å². The number of hydrogen-bond acceptors (Lipinski definition) is 2. The molecule has 1 aromatic carbocycles. The van der Waals surface area contributed by atoms with E-state index in [2.05, 4.69) is 6.92 Å². The topological polar surface area (TPSA) is 48.0 Å². The van der Waals surface area contributed by atoms with Crippen molar-refractivity contribution >= 4 is 0 Å². The average molecular weight is 302 g/mol. The zero-order valence-electron chi connectivity index (χ0n) is 13.4. The van der Waals surface area contributed by atoms with Crippen LogP contribution in [0.2, 0.25) is 0 Å². The van der Waals surface area contributed by atoms with Crippen LogP contribution >= 0.6 is 0 Å². The minimum atomic E-state index is -0.540. The summed E-state index contributed by atoms with van der Waals surface area (Å²) in [5, 5.41) is 0. The van der Waals surface area contributed by atoms with Crippen molar-refractivity contribution in [3.05, 3.63) is 68.9 Å². The first-order valence-electron chi connectivity index (χ1n) is 7.67. The van der Waals surface area contributed by atoms with Crippen LogP contribution in [-0.4, -0.2) is 4.57 Å². The van der Waals surface area contributed by atoms with Gasteiger partial charge in [0.1, 0.15) is 5.82 Å². The van der Waals surface area contributed by atoms with Crippen molar-refractivity contribution in [2.45, 2.75) is 46.2 Å². The lowest BCUT2D eigenvalue weighted by Gasteiger charge is -2.19. The van der Waals surface area contributed by atoms with Gasteiger partial charge in [-0.3, -0.25) is 4.79 Å². The van der Waals surface area contributed by atoms with Crippen LogP contribution in [0.1, 0.15) is 48.2 Å². The predicted octanol–water partition coefficient (Wildman–Crippen LogP) is 3.45. The standard InChI is InChI=1S/C18H23FN2O/c1-4-5-10-21-13(3)11-12(2)16(18(21)22)17(20)14-6-8-15(19)9-7-14/h6-9,11,17H,4-5,10,20H2,1-3H3. The van der Waals surface area contributed by atoms with Crippen LogP contribution in [0, 0.1) is 19.7 Å². The van der Waals surface area contributed by atoms with E-state index >= 15 is 0 Å². The smallest absolute Gasteiger partial charge is 0.256 e. The van der Waals surface area contributed by atoms with Gasteiger partial charge in [-0.15, -0.1) is 0 Å². The van der Waals surface area contributed by atoms with Gasteiger partial charge in [0.15, 0.2) is 0 Å². The van der Waals surface area contributed by atoms with Crippen molar-refractivity contribution in [2.24, 2.45) is 5.73 Å². The zero-order chi connectivity index (χ0) is 16.3. The molecule has 118 valence electrons. The third-order valence-electron chi connectivity index (χ3n) is 4.03. The predicted molar refractivity (Wildman–Crippen MR) is 87.5 cm³/mol. The third-order valence-corrected chi connectivity index (χ3v) is 4.03. The van der Waals surface area contributed by atoms with Gasteiger partial charge in [0.05, 0.1) is 6.04 Å². The summed E-state index contributed by atoms with van der Waals surface area (Å²) in [4.78, 5) is 12.8. The van der Waals surface area contributed by atoms with Crippen molar-refractivity contribution in [3.63, 3.8) is 0 Å². The van der Waals surface area contributed by atoms with Gasteiger partial charge in [-0.05, 0) is 49.6 Å². The molecule has 0 aliphatic heterocycles. The maximum atomic E-state index is 13.1. The van der Waals surface area contributed by atoms with Gasteiger partial charge in [0.2, 0.25) is 0 Å². The Bertz CT molecular complexity index is 704. The lowest BCUT2D eigenvalue weighted by molar-refractivity contribution is 0.588. The van der Waals surface area contributed by atoms with Crippen LogP contribution in [-0.2, 0) is 6.54 Å². The second-order valence-corrected chi connectivity index (χ2v) is 5.72. The maximum absolute atomic E-state index is 13.1. The van der Waals surface area contributed by atoms with E-state index in [4.69, 9.17) is 5.73 Å². The number of benzene rings is 1. The second kappa shape index (κ2) is 6.88. The van der Waals surface area contributed by atoms with E-state index in [1.54, 1.807) is 16.7 Å². The molecule has 1 unspecified atom stereocenters. The van der Waals surface area contributed by atoms with E-state index in [1.807, 2.05) is 19.9 Å². The molecule has 1 aromatic heterocycles. The number of aromatic nitrogens is 1. The summed E-state index contributed by atoms with van der Waals surface area (Å²) in [6.07, 6.45) is 1.98. The van der Waals surface area contributed by atoms with Crippen molar-refractivity contribution < 1.29 is 4.39 Å². The monoisotopic (exact) mass is 302 g/mol. The Morgan fingerprint density at radius 2 is 1.86 bits per heavy atom. The van der Waals surface area contributed by atoms with Crippen molar-refractivity contribution in [2.75, 3.05) is 0 Å². The first-order chi connectivity index (χ1) is 10.5. The average Bonchev–Trinajstić information content (AvgIpc) is 2.47. The largest absolute Gasteiger partial charge is 0.320 e. The first kappa shape index (κ1) is 16.4. The third kappa shape index (κ3) is 3.28. The highest BCUT2D eigenvalue weighted by molar-refractivity contribution is 5.36. The van der Waals surface area contributed by atoms with E-state index in [1.165, 1.54) is 12.1 Å². The number of aryl methyl sites for hydroxylation is 2. The molecule has 0 saturated carbocycles. The van der Waals surface area contributed by atoms with Gasteiger partial charge in [-0.25, -0.2) is 4.39 Å². The quantitative estimate of drug-likeness (QED) is 0.919. The SMILES string of the molecule is CCCCn1c(C)cc(C)c(C(N)c2ccc(F)cc2)c1=O. The lowest BCUT2D eigenvalue weighted by Crippen LogP contribution is -2.31.